The van der Waals surface area contributed by atoms with Crippen LogP contribution in [0.15, 0.2) is 33.6 Å². The summed E-state index contributed by atoms with van der Waals surface area (Å²) in [6, 6.07) is 5.31. The fourth-order valence-electron chi connectivity index (χ4n) is 2.63. The molecule has 112 valence electrons. The zero-order valence-electron chi connectivity index (χ0n) is 12.0. The van der Waals surface area contributed by atoms with Crippen molar-refractivity contribution in [1.29, 1.82) is 0 Å². The lowest BCUT2D eigenvalue weighted by atomic mass is 10.1. The third-order valence-electron chi connectivity index (χ3n) is 3.80. The minimum absolute atomic E-state index is 0.108. The molecule has 0 aliphatic carbocycles. The normalized spacial score (nSPS) is 15.4. The van der Waals surface area contributed by atoms with Gasteiger partial charge in [0, 0.05) is 19.2 Å². The number of hydrogen-bond donors (Lipinski definition) is 1. The van der Waals surface area contributed by atoms with E-state index in [-0.39, 0.29) is 5.56 Å². The van der Waals surface area contributed by atoms with Crippen LogP contribution in [0.4, 0.5) is 5.69 Å². The number of rotatable bonds is 4. The zero-order valence-corrected chi connectivity index (χ0v) is 12.0. The monoisotopic (exact) mass is 288 g/mol. The van der Waals surface area contributed by atoms with Gasteiger partial charge in [0.2, 0.25) is 0 Å². The predicted molar refractivity (Wildman–Crippen MR) is 80.3 cm³/mol. The Morgan fingerprint density at radius 3 is 2.62 bits per heavy atom. The molecule has 6 heteroatoms. The molecule has 0 bridgehead atoms. The van der Waals surface area contributed by atoms with Crippen LogP contribution in [0.25, 0.3) is 0 Å². The van der Waals surface area contributed by atoms with Crippen molar-refractivity contribution in [2.24, 2.45) is 5.73 Å². The highest BCUT2D eigenvalue weighted by molar-refractivity contribution is 5.43. The first-order chi connectivity index (χ1) is 10.3. The molecule has 21 heavy (non-hydrogen) atoms. The molecule has 3 rings (SSSR count). The van der Waals surface area contributed by atoms with Gasteiger partial charge in [-0.2, -0.15) is 5.10 Å². The average molecular weight is 288 g/mol. The Bertz CT molecular complexity index is 656. The van der Waals surface area contributed by atoms with Crippen molar-refractivity contribution in [1.82, 2.24) is 9.78 Å². The summed E-state index contributed by atoms with van der Waals surface area (Å²) in [5.74, 6) is 1.40. The minimum atomic E-state index is -0.108. The summed E-state index contributed by atoms with van der Waals surface area (Å²) in [6.07, 6.45) is 5.39. The maximum Gasteiger partial charge on any atom is 0.269 e. The topological polar surface area (TPSA) is 77.3 Å². The molecule has 1 aliphatic rings. The van der Waals surface area contributed by atoms with Crippen LogP contribution in [0.1, 0.15) is 30.8 Å². The molecule has 0 unspecified atom stereocenters. The van der Waals surface area contributed by atoms with Crippen LogP contribution >= 0.6 is 0 Å². The van der Waals surface area contributed by atoms with Gasteiger partial charge in [-0.25, -0.2) is 4.68 Å². The summed E-state index contributed by atoms with van der Waals surface area (Å²) in [4.78, 5) is 14.4. The number of hydrogen-bond acceptors (Lipinski definition) is 5. The summed E-state index contributed by atoms with van der Waals surface area (Å²) in [5.41, 5.74) is 6.31. The first kappa shape index (κ1) is 13.9. The predicted octanol–water partition coefficient (Wildman–Crippen LogP) is 1.33. The van der Waals surface area contributed by atoms with E-state index >= 15 is 0 Å². The minimum Gasteiger partial charge on any atom is -0.463 e. The van der Waals surface area contributed by atoms with Gasteiger partial charge in [0.05, 0.1) is 18.4 Å². The van der Waals surface area contributed by atoms with Gasteiger partial charge in [0.15, 0.2) is 0 Å². The molecule has 0 radical (unpaired) electrons. The molecule has 0 atom stereocenters. The van der Waals surface area contributed by atoms with Crippen LogP contribution in [-0.4, -0.2) is 22.9 Å². The molecule has 3 heterocycles. The highest BCUT2D eigenvalue weighted by Gasteiger charge is 2.13. The molecule has 1 aliphatic heterocycles. The molecule has 2 N–H and O–H groups in total. The van der Waals surface area contributed by atoms with Crippen molar-refractivity contribution in [3.63, 3.8) is 0 Å². The van der Waals surface area contributed by atoms with Gasteiger partial charge < -0.3 is 15.1 Å². The number of aromatic nitrogens is 2. The van der Waals surface area contributed by atoms with Crippen LogP contribution < -0.4 is 16.2 Å². The van der Waals surface area contributed by atoms with Crippen LogP contribution in [0.5, 0.6) is 0 Å². The van der Waals surface area contributed by atoms with E-state index in [1.165, 1.54) is 23.9 Å². The molecule has 2 aromatic rings. The van der Waals surface area contributed by atoms with Crippen molar-refractivity contribution in [2.45, 2.75) is 32.4 Å². The van der Waals surface area contributed by atoms with E-state index < -0.39 is 0 Å². The summed E-state index contributed by atoms with van der Waals surface area (Å²) in [7, 11) is 0. The molecule has 0 saturated carbocycles. The maximum atomic E-state index is 12.2. The van der Waals surface area contributed by atoms with E-state index in [0.717, 1.165) is 18.8 Å². The van der Waals surface area contributed by atoms with E-state index in [2.05, 4.69) is 10.00 Å². The van der Waals surface area contributed by atoms with E-state index in [9.17, 15) is 4.79 Å². The van der Waals surface area contributed by atoms with E-state index in [1.807, 2.05) is 12.1 Å². The molecule has 0 spiro atoms. The Morgan fingerprint density at radius 1 is 1.19 bits per heavy atom. The Hall–Kier alpha value is -2.08. The summed E-state index contributed by atoms with van der Waals surface area (Å²) in [6.45, 7) is 2.70. The van der Waals surface area contributed by atoms with Gasteiger partial charge in [0.25, 0.3) is 5.56 Å². The highest BCUT2D eigenvalue weighted by Crippen LogP contribution is 2.17. The maximum absolute atomic E-state index is 12.2. The molecule has 0 aromatic carbocycles. The van der Waals surface area contributed by atoms with Gasteiger partial charge in [-0.05, 0) is 31.4 Å². The van der Waals surface area contributed by atoms with Crippen LogP contribution in [0, 0.1) is 0 Å². The van der Waals surface area contributed by atoms with E-state index in [0.29, 0.717) is 24.6 Å². The van der Waals surface area contributed by atoms with Gasteiger partial charge >= 0.3 is 0 Å². The van der Waals surface area contributed by atoms with E-state index in [1.54, 1.807) is 12.3 Å². The number of nitrogens with zero attached hydrogens (tertiary/aromatic N) is 3. The van der Waals surface area contributed by atoms with Crippen LogP contribution in [-0.2, 0) is 13.1 Å². The Balaban J connectivity index is 1.76. The third kappa shape index (κ3) is 3.16. The smallest absolute Gasteiger partial charge is 0.269 e. The molecule has 1 fully saturated rings. The van der Waals surface area contributed by atoms with Gasteiger partial charge in [-0.1, -0.05) is 0 Å². The average Bonchev–Trinajstić information content (AvgIpc) is 2.98. The molecular weight excluding hydrogens is 268 g/mol. The Morgan fingerprint density at radius 2 is 1.95 bits per heavy atom. The second kappa shape index (κ2) is 6.13. The molecule has 0 amide bonds. The third-order valence-corrected chi connectivity index (χ3v) is 3.80. The lowest BCUT2D eigenvalue weighted by Crippen LogP contribution is -2.32. The lowest BCUT2D eigenvalue weighted by Gasteiger charge is -2.28. The fraction of sp³-hybridized carbons (Fsp3) is 0.467. The second-order valence-electron chi connectivity index (χ2n) is 5.33. The number of anilines is 1. The van der Waals surface area contributed by atoms with Crippen molar-refractivity contribution in [2.75, 3.05) is 18.0 Å². The fourth-order valence-corrected chi connectivity index (χ4v) is 2.63. The molecule has 2 aromatic heterocycles. The first-order valence-corrected chi connectivity index (χ1v) is 7.36. The van der Waals surface area contributed by atoms with Crippen molar-refractivity contribution >= 4 is 5.69 Å². The number of furan rings is 1. The number of piperidine rings is 1. The lowest BCUT2D eigenvalue weighted by molar-refractivity contribution is 0.440. The van der Waals surface area contributed by atoms with Gasteiger partial charge in [-0.15, -0.1) is 0 Å². The molecule has 1 saturated heterocycles. The standard InChI is InChI=1S/C15H20N4O2/c16-9-13-4-5-14(21-13)11-19-15(20)8-12(10-17-19)18-6-2-1-3-7-18/h4-5,8,10H,1-3,6-7,9,11,16H2. The summed E-state index contributed by atoms with van der Waals surface area (Å²) >= 11 is 0. The Labute approximate surface area is 123 Å². The zero-order chi connectivity index (χ0) is 14.7. The molecular formula is C15H20N4O2. The summed E-state index contributed by atoms with van der Waals surface area (Å²) < 4.78 is 6.91. The summed E-state index contributed by atoms with van der Waals surface area (Å²) in [5, 5.41) is 4.26. The van der Waals surface area contributed by atoms with Gasteiger partial charge in [-0.3, -0.25) is 4.79 Å². The van der Waals surface area contributed by atoms with Gasteiger partial charge in [0.1, 0.15) is 18.1 Å². The molecule has 6 nitrogen and oxygen atoms in total. The quantitative estimate of drug-likeness (QED) is 0.918. The largest absolute Gasteiger partial charge is 0.463 e. The Kier molecular flexibility index (Phi) is 4.06. The van der Waals surface area contributed by atoms with E-state index in [4.69, 9.17) is 10.2 Å². The van der Waals surface area contributed by atoms with Crippen LogP contribution in [0.3, 0.4) is 0 Å². The van der Waals surface area contributed by atoms with Crippen molar-refractivity contribution in [3.05, 3.63) is 46.3 Å². The SMILES string of the molecule is NCc1ccc(Cn2ncc(N3CCCCC3)cc2=O)o1. The highest BCUT2D eigenvalue weighted by atomic mass is 16.3. The number of nitrogens with two attached hydrogens (primary N) is 1. The van der Waals surface area contributed by atoms with Crippen molar-refractivity contribution in [3.8, 4) is 0 Å². The van der Waals surface area contributed by atoms with Crippen LogP contribution in [0.2, 0.25) is 0 Å². The first-order valence-electron chi connectivity index (χ1n) is 7.36. The second-order valence-corrected chi connectivity index (χ2v) is 5.33. The van der Waals surface area contributed by atoms with Crippen molar-refractivity contribution < 1.29 is 4.42 Å².